The summed E-state index contributed by atoms with van der Waals surface area (Å²) in [6.07, 6.45) is 2.13. The molecule has 2 N–H and O–H groups in total. The van der Waals surface area contributed by atoms with Crippen molar-refractivity contribution in [2.24, 2.45) is 0 Å². The summed E-state index contributed by atoms with van der Waals surface area (Å²) in [7, 11) is 0. The molecule has 1 aliphatic carbocycles. The normalized spacial score (nSPS) is 21.5. The number of rotatable bonds is 3. The predicted molar refractivity (Wildman–Crippen MR) is 85.8 cm³/mol. The Morgan fingerprint density at radius 2 is 1.95 bits per heavy atom. The van der Waals surface area contributed by atoms with Crippen LogP contribution in [0.2, 0.25) is 5.02 Å². The zero-order chi connectivity index (χ0) is 16.3. The second kappa shape index (κ2) is 6.73. The molecule has 1 amide bonds. The van der Waals surface area contributed by atoms with Crippen molar-refractivity contribution in [3.05, 3.63) is 29.0 Å². The number of ether oxygens (including phenoxy) is 1. The molecule has 2 atom stereocenters. The number of hydrogen-bond donors (Lipinski definition) is 2. The number of carbonyl (C=O) groups is 1. The van der Waals surface area contributed by atoms with Gasteiger partial charge >= 0.3 is 6.09 Å². The van der Waals surface area contributed by atoms with Crippen LogP contribution in [0.15, 0.2) is 18.2 Å². The number of carbonyl (C=O) groups excluding carboxylic acids is 1. The number of anilines is 1. The summed E-state index contributed by atoms with van der Waals surface area (Å²) in [6, 6.07) is 4.63. The van der Waals surface area contributed by atoms with Crippen molar-refractivity contribution in [2.75, 3.05) is 5.32 Å². The van der Waals surface area contributed by atoms with Crippen LogP contribution < -0.4 is 10.6 Å². The molecule has 0 bridgehead atoms. The Morgan fingerprint density at radius 1 is 1.27 bits per heavy atom. The molecule has 122 valence electrons. The van der Waals surface area contributed by atoms with Gasteiger partial charge in [0, 0.05) is 22.8 Å². The van der Waals surface area contributed by atoms with Gasteiger partial charge < -0.3 is 15.4 Å². The fraction of sp³-hybridized carbons (Fsp3) is 0.562. The largest absolute Gasteiger partial charge is 0.444 e. The molecule has 1 fully saturated rings. The lowest BCUT2D eigenvalue weighted by atomic mass is 10.2. The second-order valence-electron chi connectivity index (χ2n) is 6.66. The summed E-state index contributed by atoms with van der Waals surface area (Å²) in [5.41, 5.74) is 0.159. The van der Waals surface area contributed by atoms with Crippen molar-refractivity contribution in [3.8, 4) is 0 Å². The van der Waals surface area contributed by atoms with Gasteiger partial charge in [-0.05, 0) is 58.2 Å². The molecule has 1 saturated carbocycles. The highest BCUT2D eigenvalue weighted by atomic mass is 35.5. The second-order valence-corrected chi connectivity index (χ2v) is 7.09. The number of halogens is 2. The molecule has 1 aliphatic rings. The van der Waals surface area contributed by atoms with E-state index in [1.807, 2.05) is 20.8 Å². The minimum atomic E-state index is -0.501. The van der Waals surface area contributed by atoms with Crippen LogP contribution in [0, 0.1) is 5.82 Å². The van der Waals surface area contributed by atoms with Gasteiger partial charge in [0.25, 0.3) is 0 Å². The third-order valence-corrected chi connectivity index (χ3v) is 3.61. The first-order valence-corrected chi connectivity index (χ1v) is 7.81. The number of alkyl carbamates (subject to hydrolysis) is 1. The van der Waals surface area contributed by atoms with Gasteiger partial charge in [0.05, 0.1) is 0 Å². The standard InChI is InChI=1S/C16H22ClFN2O2/c1-16(2,3)22-15(21)20-13-5-4-12(9-13)19-14-7-10(17)6-11(18)8-14/h6-8,12-13,19H,4-5,9H2,1-3H3,(H,20,21). The lowest BCUT2D eigenvalue weighted by molar-refractivity contribution is 0.0505. The van der Waals surface area contributed by atoms with E-state index in [2.05, 4.69) is 10.6 Å². The summed E-state index contributed by atoms with van der Waals surface area (Å²) in [5, 5.41) is 6.49. The summed E-state index contributed by atoms with van der Waals surface area (Å²) >= 11 is 5.84. The van der Waals surface area contributed by atoms with Gasteiger partial charge in [-0.1, -0.05) is 11.6 Å². The van der Waals surface area contributed by atoms with Gasteiger partial charge in [0.15, 0.2) is 0 Å². The Labute approximate surface area is 135 Å². The van der Waals surface area contributed by atoms with Gasteiger partial charge in [-0.2, -0.15) is 0 Å². The smallest absolute Gasteiger partial charge is 0.407 e. The van der Waals surface area contributed by atoms with E-state index >= 15 is 0 Å². The first-order chi connectivity index (χ1) is 10.2. The molecule has 0 heterocycles. The molecule has 0 radical (unpaired) electrons. The highest BCUT2D eigenvalue weighted by molar-refractivity contribution is 6.30. The van der Waals surface area contributed by atoms with E-state index in [0.717, 1.165) is 19.3 Å². The van der Waals surface area contributed by atoms with Crippen LogP contribution >= 0.6 is 11.6 Å². The average Bonchev–Trinajstić information content (AvgIpc) is 2.71. The van der Waals surface area contributed by atoms with Crippen molar-refractivity contribution in [1.29, 1.82) is 0 Å². The molecule has 2 rings (SSSR count). The molecule has 1 aromatic rings. The zero-order valence-corrected chi connectivity index (χ0v) is 13.8. The molecule has 4 nitrogen and oxygen atoms in total. The molecule has 0 aromatic heterocycles. The molecular weight excluding hydrogens is 307 g/mol. The maximum absolute atomic E-state index is 13.3. The van der Waals surface area contributed by atoms with Crippen LogP contribution in [-0.2, 0) is 4.74 Å². The van der Waals surface area contributed by atoms with Crippen LogP contribution in [0.4, 0.5) is 14.9 Å². The van der Waals surface area contributed by atoms with Crippen LogP contribution in [-0.4, -0.2) is 23.8 Å². The first kappa shape index (κ1) is 16.9. The molecule has 6 heteroatoms. The van der Waals surface area contributed by atoms with E-state index in [0.29, 0.717) is 10.7 Å². The van der Waals surface area contributed by atoms with Crippen LogP contribution in [0.5, 0.6) is 0 Å². The van der Waals surface area contributed by atoms with Crippen molar-refractivity contribution < 1.29 is 13.9 Å². The number of amides is 1. The van der Waals surface area contributed by atoms with Gasteiger partial charge in [0.2, 0.25) is 0 Å². The molecule has 1 aromatic carbocycles. The highest BCUT2D eigenvalue weighted by Crippen LogP contribution is 2.25. The molecule has 0 aliphatic heterocycles. The van der Waals surface area contributed by atoms with E-state index in [9.17, 15) is 9.18 Å². The lowest BCUT2D eigenvalue weighted by Crippen LogP contribution is -2.38. The quantitative estimate of drug-likeness (QED) is 0.868. The van der Waals surface area contributed by atoms with E-state index in [4.69, 9.17) is 16.3 Å². The predicted octanol–water partition coefficient (Wildman–Crippen LogP) is 4.34. The fourth-order valence-corrected chi connectivity index (χ4v) is 2.81. The molecule has 2 unspecified atom stereocenters. The van der Waals surface area contributed by atoms with Crippen molar-refractivity contribution >= 4 is 23.4 Å². The monoisotopic (exact) mass is 328 g/mol. The van der Waals surface area contributed by atoms with E-state index in [1.54, 1.807) is 6.07 Å². The van der Waals surface area contributed by atoms with Gasteiger partial charge in [0.1, 0.15) is 11.4 Å². The minimum absolute atomic E-state index is 0.0661. The molecular formula is C16H22ClFN2O2. The third-order valence-electron chi connectivity index (χ3n) is 3.39. The minimum Gasteiger partial charge on any atom is -0.444 e. The van der Waals surface area contributed by atoms with E-state index < -0.39 is 11.7 Å². The van der Waals surface area contributed by atoms with Crippen LogP contribution in [0.25, 0.3) is 0 Å². The Morgan fingerprint density at radius 3 is 2.59 bits per heavy atom. The Balaban J connectivity index is 1.84. The topological polar surface area (TPSA) is 50.4 Å². The molecule has 0 spiro atoms. The number of nitrogens with one attached hydrogen (secondary N) is 2. The van der Waals surface area contributed by atoms with Crippen molar-refractivity contribution in [2.45, 2.75) is 57.7 Å². The SMILES string of the molecule is CC(C)(C)OC(=O)NC1CCC(Nc2cc(F)cc(Cl)c2)C1. The molecule has 22 heavy (non-hydrogen) atoms. The van der Waals surface area contributed by atoms with Crippen LogP contribution in [0.3, 0.4) is 0 Å². The van der Waals surface area contributed by atoms with E-state index in [-0.39, 0.29) is 17.9 Å². The Hall–Kier alpha value is -1.49. The maximum Gasteiger partial charge on any atom is 0.407 e. The van der Waals surface area contributed by atoms with Gasteiger partial charge in [-0.25, -0.2) is 9.18 Å². The zero-order valence-electron chi connectivity index (χ0n) is 13.1. The maximum atomic E-state index is 13.3. The summed E-state index contributed by atoms with van der Waals surface area (Å²) in [5.74, 6) is -0.364. The number of benzene rings is 1. The number of hydrogen-bond acceptors (Lipinski definition) is 3. The summed E-state index contributed by atoms with van der Waals surface area (Å²) in [6.45, 7) is 5.50. The summed E-state index contributed by atoms with van der Waals surface area (Å²) < 4.78 is 18.6. The average molecular weight is 329 g/mol. The highest BCUT2D eigenvalue weighted by Gasteiger charge is 2.27. The van der Waals surface area contributed by atoms with E-state index in [1.165, 1.54) is 12.1 Å². The van der Waals surface area contributed by atoms with Gasteiger partial charge in [-0.15, -0.1) is 0 Å². The Bertz CT molecular complexity index is 525. The van der Waals surface area contributed by atoms with Crippen molar-refractivity contribution in [1.82, 2.24) is 5.32 Å². The Kier molecular flexibility index (Phi) is 5.16. The molecule has 0 saturated heterocycles. The fourth-order valence-electron chi connectivity index (χ4n) is 2.59. The first-order valence-electron chi connectivity index (χ1n) is 7.43. The summed E-state index contributed by atoms with van der Waals surface area (Å²) in [4.78, 5) is 11.7. The lowest BCUT2D eigenvalue weighted by Gasteiger charge is -2.22. The van der Waals surface area contributed by atoms with Gasteiger partial charge in [-0.3, -0.25) is 0 Å². The van der Waals surface area contributed by atoms with Crippen molar-refractivity contribution in [3.63, 3.8) is 0 Å². The van der Waals surface area contributed by atoms with Crippen LogP contribution in [0.1, 0.15) is 40.0 Å². The third kappa shape index (κ3) is 5.37.